The van der Waals surface area contributed by atoms with Crippen molar-refractivity contribution in [2.75, 3.05) is 26.7 Å². The summed E-state index contributed by atoms with van der Waals surface area (Å²) in [6.45, 7) is 4.23. The zero-order valence-electron chi connectivity index (χ0n) is 17.5. The van der Waals surface area contributed by atoms with Gasteiger partial charge in [-0.25, -0.2) is 9.78 Å². The lowest BCUT2D eigenvalue weighted by atomic mass is 9.85. The first-order chi connectivity index (χ1) is 15.1. The lowest BCUT2D eigenvalue weighted by Crippen LogP contribution is -2.36. The molecule has 1 spiro atoms. The highest BCUT2D eigenvalue weighted by molar-refractivity contribution is 7.09. The molecule has 1 unspecified atom stereocenters. The number of benzene rings is 1. The molecule has 0 radical (unpaired) electrons. The molecule has 2 aliphatic heterocycles. The molecule has 7 nitrogen and oxygen atoms in total. The van der Waals surface area contributed by atoms with Crippen LogP contribution in [0.25, 0.3) is 0 Å². The fourth-order valence-corrected chi connectivity index (χ4v) is 4.69. The smallest absolute Gasteiger partial charge is 0.490 e. The predicted molar refractivity (Wildman–Crippen MR) is 111 cm³/mol. The minimum Gasteiger partial charge on any atom is -0.497 e. The van der Waals surface area contributed by atoms with E-state index in [9.17, 15) is 18.0 Å². The van der Waals surface area contributed by atoms with Crippen LogP contribution in [0.2, 0.25) is 0 Å². The Morgan fingerprint density at radius 2 is 2.00 bits per heavy atom. The lowest BCUT2D eigenvalue weighted by molar-refractivity contribution is -0.192. The van der Waals surface area contributed by atoms with Gasteiger partial charge in [0.1, 0.15) is 10.8 Å². The van der Waals surface area contributed by atoms with Crippen LogP contribution < -0.4 is 4.74 Å². The van der Waals surface area contributed by atoms with E-state index in [1.54, 1.807) is 18.4 Å². The maximum Gasteiger partial charge on any atom is 0.490 e. The quantitative estimate of drug-likeness (QED) is 0.720. The van der Waals surface area contributed by atoms with Crippen LogP contribution >= 0.6 is 11.3 Å². The highest BCUT2D eigenvalue weighted by Gasteiger charge is 2.50. The Bertz CT molecular complexity index is 939. The molecule has 0 bridgehead atoms. The van der Waals surface area contributed by atoms with Crippen LogP contribution in [-0.2, 0) is 22.7 Å². The summed E-state index contributed by atoms with van der Waals surface area (Å²) in [6, 6.07) is 7.99. The van der Waals surface area contributed by atoms with Gasteiger partial charge in [0.15, 0.2) is 0 Å². The van der Waals surface area contributed by atoms with Gasteiger partial charge in [-0.2, -0.15) is 13.2 Å². The Labute approximate surface area is 187 Å². The second-order valence-corrected chi connectivity index (χ2v) is 8.78. The average Bonchev–Trinajstić information content (AvgIpc) is 3.47. The topological polar surface area (TPSA) is 83.0 Å². The maximum atomic E-state index is 13.1. The summed E-state index contributed by atoms with van der Waals surface area (Å²) < 4.78 is 37.0. The van der Waals surface area contributed by atoms with Crippen LogP contribution in [0.1, 0.15) is 23.4 Å². The molecule has 4 rings (SSSR count). The van der Waals surface area contributed by atoms with Crippen molar-refractivity contribution in [3.8, 4) is 5.75 Å². The van der Waals surface area contributed by atoms with Gasteiger partial charge in [-0.05, 0) is 37.1 Å². The van der Waals surface area contributed by atoms with Crippen LogP contribution in [0.15, 0.2) is 35.8 Å². The van der Waals surface area contributed by atoms with E-state index in [-0.39, 0.29) is 5.41 Å². The Hall–Kier alpha value is -2.66. The number of ether oxygens (including phenoxy) is 1. The molecule has 2 saturated heterocycles. The number of hydrogen-bond donors (Lipinski definition) is 1. The molecule has 32 heavy (non-hydrogen) atoms. The molecule has 1 atom stereocenters. The van der Waals surface area contributed by atoms with Gasteiger partial charge in [0.2, 0.25) is 5.91 Å². The summed E-state index contributed by atoms with van der Waals surface area (Å²) in [4.78, 5) is 30.8. The second-order valence-electron chi connectivity index (χ2n) is 7.80. The number of methoxy groups -OCH3 is 1. The standard InChI is InChI=1S/C19H23N3O2S.C2HF3O2/c1-24-16-4-2-3-15(11-16)12-22-9-6-19(18(22)23)5-8-21(14-19)13-17-20-7-10-25-17;3-2(4,5)1(6)7/h2-4,7,10-11H,5-6,8-9,12-14H2,1H3;(H,6,7). The fourth-order valence-electron chi connectivity index (χ4n) is 4.03. The summed E-state index contributed by atoms with van der Waals surface area (Å²) >= 11 is 1.69. The fraction of sp³-hybridized carbons (Fsp3) is 0.476. The molecule has 2 aliphatic rings. The number of hydrogen-bond acceptors (Lipinski definition) is 6. The second kappa shape index (κ2) is 9.86. The number of carbonyl (C=O) groups excluding carboxylic acids is 1. The Kier molecular flexibility index (Phi) is 7.40. The number of rotatable bonds is 5. The number of carboxylic acid groups (broad SMARTS) is 1. The van der Waals surface area contributed by atoms with E-state index in [4.69, 9.17) is 14.6 Å². The van der Waals surface area contributed by atoms with Crippen molar-refractivity contribution in [1.29, 1.82) is 0 Å². The van der Waals surface area contributed by atoms with E-state index < -0.39 is 12.1 Å². The molecule has 2 fully saturated rings. The van der Waals surface area contributed by atoms with Crippen molar-refractivity contribution in [2.24, 2.45) is 5.41 Å². The highest BCUT2D eigenvalue weighted by atomic mass is 32.1. The van der Waals surface area contributed by atoms with Crippen molar-refractivity contribution in [3.05, 3.63) is 46.4 Å². The van der Waals surface area contributed by atoms with Gasteiger partial charge >= 0.3 is 12.1 Å². The van der Waals surface area contributed by atoms with Gasteiger partial charge < -0.3 is 14.7 Å². The number of likely N-dealkylation sites (tertiary alicyclic amines) is 2. The normalized spacial score (nSPS) is 21.0. The molecule has 174 valence electrons. The third-order valence-electron chi connectivity index (χ3n) is 5.63. The molecule has 1 N–H and O–H groups in total. The summed E-state index contributed by atoms with van der Waals surface area (Å²) in [5, 5.41) is 10.3. The lowest BCUT2D eigenvalue weighted by Gasteiger charge is -2.23. The minimum atomic E-state index is -5.08. The van der Waals surface area contributed by atoms with E-state index in [0.717, 1.165) is 55.3 Å². The molecule has 1 aromatic heterocycles. The predicted octanol–water partition coefficient (Wildman–Crippen LogP) is 3.41. The third kappa shape index (κ3) is 5.77. The first kappa shape index (κ1) is 24.0. The van der Waals surface area contributed by atoms with Gasteiger partial charge in [-0.3, -0.25) is 9.69 Å². The molecule has 1 aromatic carbocycles. The van der Waals surface area contributed by atoms with E-state index >= 15 is 0 Å². The maximum absolute atomic E-state index is 13.1. The Balaban J connectivity index is 0.000000360. The van der Waals surface area contributed by atoms with Gasteiger partial charge in [-0.1, -0.05) is 12.1 Å². The average molecular weight is 472 g/mol. The first-order valence-electron chi connectivity index (χ1n) is 9.96. The van der Waals surface area contributed by atoms with Gasteiger partial charge in [-0.15, -0.1) is 11.3 Å². The molecule has 2 aromatic rings. The highest BCUT2D eigenvalue weighted by Crippen LogP contribution is 2.41. The molecule has 1 amide bonds. The third-order valence-corrected chi connectivity index (χ3v) is 6.39. The number of aromatic nitrogens is 1. The zero-order chi connectivity index (χ0) is 23.4. The van der Waals surface area contributed by atoms with Crippen LogP contribution in [0.3, 0.4) is 0 Å². The number of amides is 1. The van der Waals surface area contributed by atoms with Crippen molar-refractivity contribution < 1.29 is 32.6 Å². The minimum absolute atomic E-state index is 0.184. The number of thiazole rings is 1. The van der Waals surface area contributed by atoms with E-state index in [0.29, 0.717) is 12.5 Å². The SMILES string of the molecule is COc1cccc(CN2CCC3(CCN(Cc4nccs4)C3)C2=O)c1.O=C(O)C(F)(F)F. The summed E-state index contributed by atoms with van der Waals surface area (Å²) in [7, 11) is 1.67. The van der Waals surface area contributed by atoms with Gasteiger partial charge in [0.25, 0.3) is 0 Å². The van der Waals surface area contributed by atoms with Crippen molar-refractivity contribution in [3.63, 3.8) is 0 Å². The zero-order valence-corrected chi connectivity index (χ0v) is 18.3. The molecule has 11 heteroatoms. The molecule has 0 saturated carbocycles. The number of halogens is 3. The van der Waals surface area contributed by atoms with E-state index in [1.807, 2.05) is 34.7 Å². The summed E-state index contributed by atoms with van der Waals surface area (Å²) in [5.74, 6) is -1.60. The number of carbonyl (C=O) groups is 2. The monoisotopic (exact) mass is 471 g/mol. The first-order valence-corrected chi connectivity index (χ1v) is 10.8. The molecule has 0 aliphatic carbocycles. The van der Waals surface area contributed by atoms with Crippen LogP contribution in [-0.4, -0.2) is 64.7 Å². The van der Waals surface area contributed by atoms with E-state index in [1.165, 1.54) is 0 Å². The number of nitrogens with zero attached hydrogens (tertiary/aromatic N) is 3. The van der Waals surface area contributed by atoms with Crippen LogP contribution in [0.5, 0.6) is 5.75 Å². The van der Waals surface area contributed by atoms with Crippen molar-refractivity contribution in [1.82, 2.24) is 14.8 Å². The van der Waals surface area contributed by atoms with Crippen molar-refractivity contribution >= 4 is 23.2 Å². The van der Waals surface area contributed by atoms with Crippen LogP contribution in [0.4, 0.5) is 13.2 Å². The number of carboxylic acids is 1. The van der Waals surface area contributed by atoms with Crippen molar-refractivity contribution in [2.45, 2.75) is 32.1 Å². The molecular weight excluding hydrogens is 447 g/mol. The van der Waals surface area contributed by atoms with Gasteiger partial charge in [0, 0.05) is 31.2 Å². The molecular formula is C21H24F3N3O4S. The molecule has 3 heterocycles. The Morgan fingerprint density at radius 1 is 1.28 bits per heavy atom. The van der Waals surface area contributed by atoms with Gasteiger partial charge in [0.05, 0.1) is 19.1 Å². The largest absolute Gasteiger partial charge is 0.497 e. The number of aliphatic carboxylic acids is 1. The van der Waals surface area contributed by atoms with E-state index in [2.05, 4.69) is 16.0 Å². The summed E-state index contributed by atoms with van der Waals surface area (Å²) in [5.41, 5.74) is 0.943. The Morgan fingerprint density at radius 3 is 2.62 bits per heavy atom. The summed E-state index contributed by atoms with van der Waals surface area (Å²) in [6.07, 6.45) is -1.31. The van der Waals surface area contributed by atoms with Crippen LogP contribution in [0, 0.1) is 5.41 Å². The number of alkyl halides is 3.